The van der Waals surface area contributed by atoms with Gasteiger partial charge in [0.15, 0.2) is 9.84 Å². The maximum Gasteiger partial charge on any atom is 0.225 e. The van der Waals surface area contributed by atoms with Gasteiger partial charge >= 0.3 is 0 Å². The van der Waals surface area contributed by atoms with Crippen molar-refractivity contribution in [3.63, 3.8) is 0 Å². The second kappa shape index (κ2) is 6.26. The number of aromatic nitrogens is 2. The highest BCUT2D eigenvalue weighted by atomic mass is 32.2. The van der Waals surface area contributed by atoms with Gasteiger partial charge in [0.05, 0.1) is 12.4 Å². The van der Waals surface area contributed by atoms with Crippen LogP contribution in [0, 0.1) is 11.8 Å². The molecule has 0 bridgehead atoms. The summed E-state index contributed by atoms with van der Waals surface area (Å²) in [6.45, 7) is 2.35. The fraction of sp³-hybridized carbons (Fsp3) is 0.765. The molecule has 2 aliphatic heterocycles. The summed E-state index contributed by atoms with van der Waals surface area (Å²) in [5.41, 5.74) is 0. The molecular formula is C17H25N3O3S. The number of rotatable bonds is 5. The van der Waals surface area contributed by atoms with E-state index in [4.69, 9.17) is 4.74 Å². The summed E-state index contributed by atoms with van der Waals surface area (Å²) in [6.07, 6.45) is 9.23. The van der Waals surface area contributed by atoms with Gasteiger partial charge in [0.1, 0.15) is 4.75 Å². The van der Waals surface area contributed by atoms with Crippen molar-refractivity contribution in [2.45, 2.75) is 36.9 Å². The fourth-order valence-electron chi connectivity index (χ4n) is 4.46. The summed E-state index contributed by atoms with van der Waals surface area (Å²) in [5, 5.41) is 0. The van der Waals surface area contributed by atoms with Crippen LogP contribution in [0.15, 0.2) is 18.5 Å². The summed E-state index contributed by atoms with van der Waals surface area (Å²) < 4.78 is 30.6. The van der Waals surface area contributed by atoms with Gasteiger partial charge in [-0.2, -0.15) is 0 Å². The molecule has 2 saturated heterocycles. The lowest BCUT2D eigenvalue weighted by molar-refractivity contribution is 0.0574. The molecule has 1 spiro atoms. The molecule has 3 heterocycles. The van der Waals surface area contributed by atoms with Crippen LogP contribution in [-0.2, 0) is 14.6 Å². The molecule has 3 aliphatic rings. The molecule has 0 N–H and O–H groups in total. The van der Waals surface area contributed by atoms with Crippen LogP contribution in [0.3, 0.4) is 0 Å². The zero-order valence-electron chi connectivity index (χ0n) is 13.9. The van der Waals surface area contributed by atoms with E-state index in [1.54, 1.807) is 18.5 Å². The van der Waals surface area contributed by atoms with E-state index < -0.39 is 14.6 Å². The average molecular weight is 351 g/mol. The van der Waals surface area contributed by atoms with Gasteiger partial charge in [-0.15, -0.1) is 0 Å². The molecule has 1 aromatic heterocycles. The van der Waals surface area contributed by atoms with E-state index in [0.29, 0.717) is 31.6 Å². The Morgan fingerprint density at radius 2 is 1.83 bits per heavy atom. The summed E-state index contributed by atoms with van der Waals surface area (Å²) in [4.78, 5) is 10.4. The SMILES string of the molecule is O=S1(=O)CCC(COCC2CCCC2)C12CN(c1ncccn1)C2. The predicted molar refractivity (Wildman–Crippen MR) is 91.6 cm³/mol. The Balaban J connectivity index is 1.40. The summed E-state index contributed by atoms with van der Waals surface area (Å²) >= 11 is 0. The number of ether oxygens (including phenoxy) is 1. The molecule has 7 heteroatoms. The second-order valence-corrected chi connectivity index (χ2v) is 9.91. The van der Waals surface area contributed by atoms with E-state index in [1.807, 2.05) is 4.90 Å². The number of hydrogen-bond acceptors (Lipinski definition) is 6. The van der Waals surface area contributed by atoms with Crippen LogP contribution in [0.4, 0.5) is 5.95 Å². The first kappa shape index (κ1) is 16.3. The third kappa shape index (κ3) is 2.71. The Labute approximate surface area is 143 Å². The first-order valence-electron chi connectivity index (χ1n) is 8.93. The van der Waals surface area contributed by atoms with Gasteiger partial charge in [0.2, 0.25) is 5.95 Å². The Kier molecular flexibility index (Phi) is 4.24. The molecule has 24 heavy (non-hydrogen) atoms. The smallest absolute Gasteiger partial charge is 0.225 e. The molecule has 1 atom stereocenters. The number of anilines is 1. The lowest BCUT2D eigenvalue weighted by Crippen LogP contribution is -2.68. The van der Waals surface area contributed by atoms with E-state index in [2.05, 4.69) is 9.97 Å². The molecule has 0 amide bonds. The van der Waals surface area contributed by atoms with Gasteiger partial charge in [-0.25, -0.2) is 18.4 Å². The minimum atomic E-state index is -3.07. The molecule has 1 saturated carbocycles. The summed E-state index contributed by atoms with van der Waals surface area (Å²) in [7, 11) is -3.07. The van der Waals surface area contributed by atoms with Crippen LogP contribution in [0.5, 0.6) is 0 Å². The quantitative estimate of drug-likeness (QED) is 0.804. The molecule has 0 radical (unpaired) electrons. The van der Waals surface area contributed by atoms with Crippen LogP contribution < -0.4 is 4.90 Å². The topological polar surface area (TPSA) is 72.4 Å². The van der Waals surface area contributed by atoms with Crippen LogP contribution >= 0.6 is 0 Å². The molecule has 4 rings (SSSR count). The Morgan fingerprint density at radius 1 is 1.12 bits per heavy atom. The molecule has 3 fully saturated rings. The van der Waals surface area contributed by atoms with Crippen LogP contribution in [-0.4, -0.2) is 55.2 Å². The summed E-state index contributed by atoms with van der Waals surface area (Å²) in [5.74, 6) is 1.68. The maximum atomic E-state index is 12.6. The molecule has 1 aromatic rings. The largest absolute Gasteiger partial charge is 0.381 e. The van der Waals surface area contributed by atoms with E-state index >= 15 is 0 Å². The molecule has 1 unspecified atom stereocenters. The zero-order valence-corrected chi connectivity index (χ0v) is 14.7. The van der Waals surface area contributed by atoms with Gasteiger partial charge in [-0.3, -0.25) is 0 Å². The highest BCUT2D eigenvalue weighted by molar-refractivity contribution is 7.93. The van der Waals surface area contributed by atoms with Crippen molar-refractivity contribution in [1.29, 1.82) is 0 Å². The number of nitrogens with zero attached hydrogens (tertiary/aromatic N) is 3. The van der Waals surface area contributed by atoms with Crippen molar-refractivity contribution in [2.24, 2.45) is 11.8 Å². The monoisotopic (exact) mass is 351 g/mol. The first-order valence-corrected chi connectivity index (χ1v) is 10.6. The number of hydrogen-bond donors (Lipinski definition) is 0. The van der Waals surface area contributed by atoms with Gasteiger partial charge in [-0.05, 0) is 31.2 Å². The van der Waals surface area contributed by atoms with Gasteiger partial charge < -0.3 is 9.64 Å². The van der Waals surface area contributed by atoms with Gasteiger partial charge in [0.25, 0.3) is 0 Å². The normalized spacial score (nSPS) is 28.3. The maximum absolute atomic E-state index is 12.6. The molecule has 0 aromatic carbocycles. The van der Waals surface area contributed by atoms with Crippen molar-refractivity contribution in [2.75, 3.05) is 37.0 Å². The second-order valence-electron chi connectivity index (χ2n) is 7.46. The van der Waals surface area contributed by atoms with Crippen LogP contribution in [0.1, 0.15) is 32.1 Å². The first-order chi connectivity index (χ1) is 11.6. The van der Waals surface area contributed by atoms with E-state index in [0.717, 1.165) is 13.0 Å². The summed E-state index contributed by atoms with van der Waals surface area (Å²) in [6, 6.07) is 1.77. The predicted octanol–water partition coefficient (Wildman–Crippen LogP) is 1.68. The average Bonchev–Trinajstić information content (AvgIpc) is 3.13. The lowest BCUT2D eigenvalue weighted by atomic mass is 9.84. The zero-order chi connectivity index (χ0) is 16.6. The fourth-order valence-corrected chi connectivity index (χ4v) is 6.86. The molecular weight excluding hydrogens is 326 g/mol. The van der Waals surface area contributed by atoms with E-state index in [1.165, 1.54) is 25.7 Å². The Hall–Kier alpha value is -1.21. The third-order valence-corrected chi connectivity index (χ3v) is 8.60. The standard InChI is InChI=1S/C17H25N3O3S/c21-24(22)9-6-15(11-23-10-14-4-1-2-5-14)17(24)12-20(13-17)16-18-7-3-8-19-16/h3,7-8,14-15H,1-2,4-6,9-13H2. The van der Waals surface area contributed by atoms with Crippen LogP contribution in [0.25, 0.3) is 0 Å². The van der Waals surface area contributed by atoms with Crippen molar-refractivity contribution in [3.8, 4) is 0 Å². The van der Waals surface area contributed by atoms with E-state index in [-0.39, 0.29) is 11.7 Å². The van der Waals surface area contributed by atoms with Crippen molar-refractivity contribution in [3.05, 3.63) is 18.5 Å². The van der Waals surface area contributed by atoms with Gasteiger partial charge in [0, 0.05) is 38.0 Å². The van der Waals surface area contributed by atoms with Crippen molar-refractivity contribution < 1.29 is 13.2 Å². The van der Waals surface area contributed by atoms with E-state index in [9.17, 15) is 8.42 Å². The lowest BCUT2D eigenvalue weighted by Gasteiger charge is -2.49. The molecule has 6 nitrogen and oxygen atoms in total. The highest BCUT2D eigenvalue weighted by Crippen LogP contribution is 2.45. The third-order valence-electron chi connectivity index (χ3n) is 6.00. The van der Waals surface area contributed by atoms with Crippen molar-refractivity contribution >= 4 is 15.8 Å². The minimum absolute atomic E-state index is 0.101. The Bertz CT molecular complexity index is 668. The van der Waals surface area contributed by atoms with Crippen molar-refractivity contribution in [1.82, 2.24) is 9.97 Å². The number of sulfone groups is 1. The van der Waals surface area contributed by atoms with Crippen LogP contribution in [0.2, 0.25) is 0 Å². The molecule has 132 valence electrons. The minimum Gasteiger partial charge on any atom is -0.381 e. The Morgan fingerprint density at radius 3 is 2.54 bits per heavy atom. The highest BCUT2D eigenvalue weighted by Gasteiger charge is 2.62. The molecule has 1 aliphatic carbocycles. The van der Waals surface area contributed by atoms with Gasteiger partial charge in [-0.1, -0.05) is 12.8 Å².